The van der Waals surface area contributed by atoms with Gasteiger partial charge in [-0.25, -0.2) is 8.42 Å². The molecule has 1 amide bonds. The highest BCUT2D eigenvalue weighted by Crippen LogP contribution is 2.32. The van der Waals surface area contributed by atoms with Crippen molar-refractivity contribution in [3.8, 4) is 16.9 Å². The first-order valence-electron chi connectivity index (χ1n) is 12.8. The van der Waals surface area contributed by atoms with Crippen molar-refractivity contribution < 1.29 is 19.4 Å². The SMILES string of the molecule is O=C(NC(CCOc1ccccc1)c1ccccc1)C1SCCN1S(=O)(=O)c1ccc(-c2ccccc2)cc1.[HH]. The first-order chi connectivity index (χ1) is 19.0. The van der Waals surface area contributed by atoms with Crippen LogP contribution < -0.4 is 10.1 Å². The Balaban J connectivity index is 0.00000370. The third-order valence-corrected chi connectivity index (χ3v) is 9.79. The van der Waals surface area contributed by atoms with E-state index in [-0.39, 0.29) is 24.8 Å². The standard InChI is InChI=1S/C31H30N2O4S2.H2/c34-30(32-29(26-12-6-2-7-13-26)20-22-37-27-14-8-3-9-15-27)31-33(21-23-38-31)39(35,36)28-18-16-25(17-19-28)24-10-4-1-5-11-24;/h1-19,29,31H,20-23H2,(H,32,34);1H. The van der Waals surface area contributed by atoms with E-state index in [1.54, 1.807) is 24.3 Å². The number of rotatable bonds is 10. The highest BCUT2D eigenvalue weighted by atomic mass is 32.2. The summed E-state index contributed by atoms with van der Waals surface area (Å²) in [5.41, 5.74) is 2.89. The van der Waals surface area contributed by atoms with E-state index < -0.39 is 15.4 Å². The third kappa shape index (κ3) is 6.53. The summed E-state index contributed by atoms with van der Waals surface area (Å²) in [5, 5.41) is 2.26. The lowest BCUT2D eigenvalue weighted by molar-refractivity contribution is -0.123. The summed E-state index contributed by atoms with van der Waals surface area (Å²) in [6, 6.07) is 35.5. The zero-order chi connectivity index (χ0) is 27.1. The van der Waals surface area contributed by atoms with Gasteiger partial charge in [0, 0.05) is 20.1 Å². The first kappa shape index (κ1) is 27.0. The van der Waals surface area contributed by atoms with Gasteiger partial charge < -0.3 is 10.1 Å². The number of benzene rings is 4. The third-order valence-electron chi connectivity index (χ3n) is 6.58. The Hall–Kier alpha value is -3.59. The Morgan fingerprint density at radius 3 is 2.13 bits per heavy atom. The number of thioether (sulfide) groups is 1. The number of amides is 1. The fourth-order valence-corrected chi connectivity index (χ4v) is 7.64. The van der Waals surface area contributed by atoms with Gasteiger partial charge in [0.05, 0.1) is 17.5 Å². The van der Waals surface area contributed by atoms with Crippen LogP contribution in [0.15, 0.2) is 120 Å². The van der Waals surface area contributed by atoms with Gasteiger partial charge in [-0.3, -0.25) is 4.79 Å². The number of carbonyl (C=O) groups excluding carboxylic acids is 1. The zero-order valence-corrected chi connectivity index (χ0v) is 23.0. The fourth-order valence-electron chi connectivity index (χ4n) is 4.55. The van der Waals surface area contributed by atoms with E-state index in [0.717, 1.165) is 22.4 Å². The van der Waals surface area contributed by atoms with Crippen molar-refractivity contribution in [1.82, 2.24) is 9.62 Å². The Morgan fingerprint density at radius 2 is 1.46 bits per heavy atom. The van der Waals surface area contributed by atoms with E-state index in [1.807, 2.05) is 91.0 Å². The Morgan fingerprint density at radius 1 is 0.872 bits per heavy atom. The van der Waals surface area contributed by atoms with Gasteiger partial charge in [-0.15, -0.1) is 11.8 Å². The van der Waals surface area contributed by atoms with Crippen molar-refractivity contribution >= 4 is 27.7 Å². The Kier molecular flexibility index (Phi) is 8.66. The minimum absolute atomic E-state index is 0. The predicted octanol–water partition coefficient (Wildman–Crippen LogP) is 5.99. The largest absolute Gasteiger partial charge is 0.494 e. The van der Waals surface area contributed by atoms with E-state index in [2.05, 4.69) is 5.32 Å². The normalized spacial score (nSPS) is 16.5. The molecule has 0 aromatic heterocycles. The number of nitrogens with one attached hydrogen (secondary N) is 1. The summed E-state index contributed by atoms with van der Waals surface area (Å²) in [5.74, 6) is 0.986. The molecule has 5 rings (SSSR count). The summed E-state index contributed by atoms with van der Waals surface area (Å²) in [6.07, 6.45) is 0.537. The zero-order valence-electron chi connectivity index (χ0n) is 21.3. The quantitative estimate of drug-likeness (QED) is 0.258. The number of ether oxygens (including phenoxy) is 1. The highest BCUT2D eigenvalue weighted by Gasteiger charge is 2.40. The van der Waals surface area contributed by atoms with Gasteiger partial charge in [-0.05, 0) is 41.0 Å². The molecule has 2 atom stereocenters. The molecule has 39 heavy (non-hydrogen) atoms. The number of carbonyl (C=O) groups is 1. The molecule has 1 heterocycles. The molecule has 1 aliphatic rings. The van der Waals surface area contributed by atoms with Crippen LogP contribution in [0.25, 0.3) is 11.1 Å². The minimum Gasteiger partial charge on any atom is -0.494 e. The molecule has 1 saturated heterocycles. The molecule has 0 aliphatic carbocycles. The Bertz CT molecular complexity index is 1470. The maximum Gasteiger partial charge on any atom is 0.249 e. The molecule has 0 saturated carbocycles. The van der Waals surface area contributed by atoms with E-state index in [1.165, 1.54) is 16.1 Å². The molecule has 0 bridgehead atoms. The van der Waals surface area contributed by atoms with Gasteiger partial charge in [-0.2, -0.15) is 4.31 Å². The second kappa shape index (κ2) is 12.5. The Labute approximate surface area is 235 Å². The predicted molar refractivity (Wildman–Crippen MR) is 158 cm³/mol. The molecule has 6 nitrogen and oxygen atoms in total. The van der Waals surface area contributed by atoms with E-state index in [9.17, 15) is 13.2 Å². The molecule has 4 aromatic rings. The lowest BCUT2D eigenvalue weighted by Gasteiger charge is -2.26. The second-order valence-electron chi connectivity index (χ2n) is 9.15. The van der Waals surface area contributed by atoms with Crippen molar-refractivity contribution in [1.29, 1.82) is 0 Å². The van der Waals surface area contributed by atoms with Crippen molar-refractivity contribution in [3.05, 3.63) is 121 Å². The summed E-state index contributed by atoms with van der Waals surface area (Å²) < 4.78 is 34.4. The van der Waals surface area contributed by atoms with Crippen molar-refractivity contribution in [2.75, 3.05) is 18.9 Å². The average molecular weight is 561 g/mol. The summed E-state index contributed by atoms with van der Waals surface area (Å²) in [7, 11) is -3.86. The fraction of sp³-hybridized carbons (Fsp3) is 0.194. The molecule has 0 spiro atoms. The second-order valence-corrected chi connectivity index (χ2v) is 12.2. The van der Waals surface area contributed by atoms with Gasteiger partial charge in [0.1, 0.15) is 11.1 Å². The van der Waals surface area contributed by atoms with Gasteiger partial charge >= 0.3 is 0 Å². The summed E-state index contributed by atoms with van der Waals surface area (Å²) in [6.45, 7) is 0.677. The van der Waals surface area contributed by atoms with Crippen LogP contribution in [0.3, 0.4) is 0 Å². The molecule has 8 heteroatoms. The molecule has 1 aliphatic heterocycles. The van der Waals surface area contributed by atoms with Crippen molar-refractivity contribution in [2.45, 2.75) is 22.7 Å². The average Bonchev–Trinajstić information content (AvgIpc) is 3.50. The minimum atomic E-state index is -3.86. The van der Waals surface area contributed by atoms with E-state index in [0.29, 0.717) is 18.8 Å². The molecule has 1 N–H and O–H groups in total. The highest BCUT2D eigenvalue weighted by molar-refractivity contribution is 8.02. The molecule has 2 unspecified atom stereocenters. The van der Waals surface area contributed by atoms with Crippen molar-refractivity contribution in [2.24, 2.45) is 0 Å². The van der Waals surface area contributed by atoms with Crippen LogP contribution in [0.4, 0.5) is 0 Å². The van der Waals surface area contributed by atoms with Crippen LogP contribution >= 0.6 is 11.8 Å². The topological polar surface area (TPSA) is 75.7 Å². The number of hydrogen-bond donors (Lipinski definition) is 1. The van der Waals surface area contributed by atoms with Crippen LogP contribution in [0, 0.1) is 0 Å². The number of nitrogens with zero attached hydrogens (tertiary/aromatic N) is 1. The first-order valence-corrected chi connectivity index (χ1v) is 15.3. The van der Waals surface area contributed by atoms with Gasteiger partial charge in [0.2, 0.25) is 15.9 Å². The van der Waals surface area contributed by atoms with Crippen LogP contribution in [-0.2, 0) is 14.8 Å². The van der Waals surface area contributed by atoms with Gasteiger partial charge in [-0.1, -0.05) is 91.0 Å². The molecule has 202 valence electrons. The summed E-state index contributed by atoms with van der Waals surface area (Å²) >= 11 is 1.34. The lowest BCUT2D eigenvalue weighted by atomic mass is 10.0. The van der Waals surface area contributed by atoms with E-state index >= 15 is 0 Å². The van der Waals surface area contributed by atoms with E-state index in [4.69, 9.17) is 4.74 Å². The van der Waals surface area contributed by atoms with Gasteiger partial charge in [0.15, 0.2) is 0 Å². The van der Waals surface area contributed by atoms with Crippen LogP contribution in [0.2, 0.25) is 0 Å². The van der Waals surface area contributed by atoms with Gasteiger partial charge in [0.25, 0.3) is 0 Å². The molecule has 1 fully saturated rings. The van der Waals surface area contributed by atoms with Crippen LogP contribution in [-0.4, -0.2) is 42.9 Å². The monoisotopic (exact) mass is 560 g/mol. The number of hydrogen-bond acceptors (Lipinski definition) is 5. The number of sulfonamides is 1. The lowest BCUT2D eigenvalue weighted by Crippen LogP contribution is -2.45. The molecular formula is C31H32N2O4S2. The van der Waals surface area contributed by atoms with Crippen molar-refractivity contribution in [3.63, 3.8) is 0 Å². The van der Waals surface area contributed by atoms with Crippen LogP contribution in [0.1, 0.15) is 19.5 Å². The molecule has 0 radical (unpaired) electrons. The maximum atomic E-state index is 13.6. The number of para-hydroxylation sites is 1. The molecule has 4 aromatic carbocycles. The molecular weight excluding hydrogens is 528 g/mol. The summed E-state index contributed by atoms with van der Waals surface area (Å²) in [4.78, 5) is 13.7. The maximum absolute atomic E-state index is 13.6. The smallest absolute Gasteiger partial charge is 0.249 e. The van der Waals surface area contributed by atoms with Crippen LogP contribution in [0.5, 0.6) is 5.75 Å².